The number of aryl methyl sites for hydroxylation is 1. The summed E-state index contributed by atoms with van der Waals surface area (Å²) in [6.45, 7) is 7.43. The van der Waals surface area contributed by atoms with Gasteiger partial charge in [-0.1, -0.05) is 85.3 Å². The van der Waals surface area contributed by atoms with Crippen LogP contribution in [0.3, 0.4) is 0 Å². The fourth-order valence-electron chi connectivity index (χ4n) is 5.15. The van der Waals surface area contributed by atoms with Gasteiger partial charge in [0.15, 0.2) is 0 Å². The summed E-state index contributed by atoms with van der Waals surface area (Å²) < 4.78 is 35.5. The van der Waals surface area contributed by atoms with Gasteiger partial charge in [0.25, 0.3) is 10.0 Å². The average molecular weight is 676 g/mol. The third-order valence-electron chi connectivity index (χ3n) is 7.99. The summed E-state index contributed by atoms with van der Waals surface area (Å²) in [7, 11) is -4.30. The van der Waals surface area contributed by atoms with Gasteiger partial charge in [-0.25, -0.2) is 8.42 Å². The second-order valence-electron chi connectivity index (χ2n) is 11.3. The van der Waals surface area contributed by atoms with E-state index in [1.807, 2.05) is 75.4 Å². The van der Waals surface area contributed by atoms with Crippen molar-refractivity contribution in [2.75, 3.05) is 17.5 Å². The van der Waals surface area contributed by atoms with Crippen LogP contribution in [0, 0.1) is 6.92 Å². The highest BCUT2D eigenvalue weighted by molar-refractivity contribution is 7.92. The minimum atomic E-state index is -4.30. The van der Waals surface area contributed by atoms with Crippen molar-refractivity contribution in [2.45, 2.75) is 64.1 Å². The van der Waals surface area contributed by atoms with E-state index in [1.165, 1.54) is 29.2 Å². The highest BCUT2D eigenvalue weighted by Gasteiger charge is 2.36. The number of rotatable bonds is 15. The first-order valence-electron chi connectivity index (χ1n) is 15.7. The van der Waals surface area contributed by atoms with Gasteiger partial charge in [0, 0.05) is 24.0 Å². The lowest BCUT2D eigenvalue weighted by Crippen LogP contribution is -2.54. The molecule has 4 aromatic carbocycles. The van der Waals surface area contributed by atoms with Crippen molar-refractivity contribution in [3.8, 4) is 5.75 Å². The Labute approximate surface area is 283 Å². The smallest absolute Gasteiger partial charge is 0.264 e. The molecule has 0 bridgehead atoms. The van der Waals surface area contributed by atoms with Crippen LogP contribution in [0.4, 0.5) is 5.69 Å². The number of benzene rings is 4. The van der Waals surface area contributed by atoms with E-state index in [0.29, 0.717) is 17.2 Å². The summed E-state index contributed by atoms with van der Waals surface area (Å²) in [5, 5.41) is 3.44. The minimum Gasteiger partial charge on any atom is -0.492 e. The van der Waals surface area contributed by atoms with Crippen LogP contribution in [0.15, 0.2) is 108 Å². The fourth-order valence-corrected chi connectivity index (χ4v) is 6.70. The number of amides is 2. The maximum absolute atomic E-state index is 14.7. The number of hydrogen-bond donors (Lipinski definition) is 1. The first-order valence-corrected chi connectivity index (χ1v) is 17.5. The molecule has 2 atom stereocenters. The van der Waals surface area contributed by atoms with Crippen LogP contribution >= 0.6 is 11.6 Å². The van der Waals surface area contributed by atoms with Crippen molar-refractivity contribution in [1.82, 2.24) is 10.2 Å². The molecule has 0 fully saturated rings. The fraction of sp³-hybridized carbons (Fsp3) is 0.297. The molecule has 0 saturated heterocycles. The molecule has 0 aromatic heterocycles. The van der Waals surface area contributed by atoms with Gasteiger partial charge in [-0.2, -0.15) is 0 Å². The Morgan fingerprint density at radius 3 is 2.17 bits per heavy atom. The summed E-state index contributed by atoms with van der Waals surface area (Å²) >= 11 is 6.09. The SMILES string of the molecule is CCOc1ccccc1N(CC(=O)N(Cc1ccccc1C)[C@H](Cc1ccccc1)C(=O)N[C@H](C)CC)S(=O)(=O)c1ccc(Cl)cc1. The lowest BCUT2D eigenvalue weighted by Gasteiger charge is -2.35. The van der Waals surface area contributed by atoms with E-state index in [4.69, 9.17) is 16.3 Å². The van der Waals surface area contributed by atoms with Crippen LogP contribution in [-0.2, 0) is 32.6 Å². The van der Waals surface area contributed by atoms with Crippen molar-refractivity contribution in [3.63, 3.8) is 0 Å². The second kappa shape index (κ2) is 16.5. The van der Waals surface area contributed by atoms with Crippen LogP contribution in [0.2, 0.25) is 5.02 Å². The van der Waals surface area contributed by atoms with Gasteiger partial charge < -0.3 is 15.0 Å². The number of halogens is 1. The molecule has 0 aliphatic carbocycles. The molecule has 4 aromatic rings. The van der Waals surface area contributed by atoms with Gasteiger partial charge in [0.2, 0.25) is 11.8 Å². The first-order chi connectivity index (χ1) is 22.5. The lowest BCUT2D eigenvalue weighted by atomic mass is 10.0. The Kier molecular flexibility index (Phi) is 12.4. The Hall–Kier alpha value is -4.34. The maximum Gasteiger partial charge on any atom is 0.264 e. The normalized spacial score (nSPS) is 12.5. The van der Waals surface area contributed by atoms with Gasteiger partial charge in [-0.3, -0.25) is 13.9 Å². The standard InChI is InChI=1S/C37H42ClN3O5S/c1-5-28(4)39-37(43)34(24-29-15-8-7-9-16-29)40(25-30-17-11-10-14-27(30)3)36(42)26-41(33-18-12-13-19-35(33)46-6-2)47(44,45)32-22-20-31(38)21-23-32/h7-23,28,34H,5-6,24-26H2,1-4H3,(H,39,43)/t28-,34-/m1/s1. The number of carbonyl (C=O) groups is 2. The van der Waals surface area contributed by atoms with Gasteiger partial charge in [-0.15, -0.1) is 0 Å². The number of sulfonamides is 1. The summed E-state index contributed by atoms with van der Waals surface area (Å²) in [5.74, 6) is -0.551. The second-order valence-corrected chi connectivity index (χ2v) is 13.6. The molecule has 0 spiro atoms. The quantitative estimate of drug-likeness (QED) is 0.150. The molecule has 0 heterocycles. The minimum absolute atomic E-state index is 0.0400. The van der Waals surface area contributed by atoms with Gasteiger partial charge in [0.1, 0.15) is 18.3 Å². The molecule has 8 nitrogen and oxygen atoms in total. The molecule has 0 saturated carbocycles. The highest BCUT2D eigenvalue weighted by Crippen LogP contribution is 2.33. The summed E-state index contributed by atoms with van der Waals surface area (Å²) in [6.07, 6.45) is 0.942. The molecule has 4 rings (SSSR count). The van der Waals surface area contributed by atoms with Crippen molar-refractivity contribution in [2.24, 2.45) is 0 Å². The monoisotopic (exact) mass is 675 g/mol. The average Bonchev–Trinajstić information content (AvgIpc) is 3.07. The predicted molar refractivity (Wildman–Crippen MR) is 187 cm³/mol. The van der Waals surface area contributed by atoms with E-state index in [0.717, 1.165) is 21.0 Å². The van der Waals surface area contributed by atoms with Crippen LogP contribution < -0.4 is 14.4 Å². The predicted octanol–water partition coefficient (Wildman–Crippen LogP) is 6.80. The number of para-hydroxylation sites is 2. The molecule has 248 valence electrons. The molecular weight excluding hydrogens is 634 g/mol. The molecule has 1 N–H and O–H groups in total. The summed E-state index contributed by atoms with van der Waals surface area (Å²) in [4.78, 5) is 30.2. The van der Waals surface area contributed by atoms with Crippen LogP contribution in [0.5, 0.6) is 5.75 Å². The molecule has 47 heavy (non-hydrogen) atoms. The Morgan fingerprint density at radius 2 is 1.51 bits per heavy atom. The molecule has 0 aliphatic rings. The van der Waals surface area contributed by atoms with Gasteiger partial charge in [0.05, 0.1) is 17.2 Å². The van der Waals surface area contributed by atoms with Gasteiger partial charge >= 0.3 is 0 Å². The molecule has 0 aliphatic heterocycles. The van der Waals surface area contributed by atoms with Crippen molar-refractivity contribution in [3.05, 3.63) is 125 Å². The number of carbonyl (C=O) groups excluding carboxylic acids is 2. The van der Waals surface area contributed by atoms with Crippen LogP contribution in [0.25, 0.3) is 0 Å². The molecule has 0 radical (unpaired) electrons. The van der Waals surface area contributed by atoms with E-state index in [9.17, 15) is 18.0 Å². The van der Waals surface area contributed by atoms with Crippen LogP contribution in [0.1, 0.15) is 43.9 Å². The zero-order chi connectivity index (χ0) is 34.0. The van der Waals surface area contributed by atoms with E-state index in [-0.39, 0.29) is 42.1 Å². The number of nitrogens with zero attached hydrogens (tertiary/aromatic N) is 2. The highest BCUT2D eigenvalue weighted by atomic mass is 35.5. The molecule has 10 heteroatoms. The summed E-state index contributed by atoms with van der Waals surface area (Å²) in [5.41, 5.74) is 2.86. The molecule has 2 amide bonds. The first kappa shape index (κ1) is 35.5. The zero-order valence-electron chi connectivity index (χ0n) is 27.2. The third kappa shape index (κ3) is 9.14. The number of hydrogen-bond acceptors (Lipinski definition) is 5. The van der Waals surface area contributed by atoms with E-state index >= 15 is 0 Å². The van der Waals surface area contributed by atoms with Crippen molar-refractivity contribution in [1.29, 1.82) is 0 Å². The van der Waals surface area contributed by atoms with Crippen molar-refractivity contribution >= 4 is 39.1 Å². The largest absolute Gasteiger partial charge is 0.492 e. The number of anilines is 1. The Bertz CT molecular complexity index is 1750. The van der Waals surface area contributed by atoms with E-state index in [1.54, 1.807) is 31.2 Å². The zero-order valence-corrected chi connectivity index (χ0v) is 28.8. The Balaban J connectivity index is 1.85. The topological polar surface area (TPSA) is 96.0 Å². The number of nitrogens with one attached hydrogen (secondary N) is 1. The molecule has 0 unspecified atom stereocenters. The van der Waals surface area contributed by atoms with Crippen molar-refractivity contribution < 1.29 is 22.7 Å². The van der Waals surface area contributed by atoms with Gasteiger partial charge in [-0.05, 0) is 80.3 Å². The van der Waals surface area contributed by atoms with E-state index in [2.05, 4.69) is 5.32 Å². The number of ether oxygens (including phenoxy) is 1. The lowest BCUT2D eigenvalue weighted by molar-refractivity contribution is -0.140. The molecular formula is C37H42ClN3O5S. The Morgan fingerprint density at radius 1 is 0.872 bits per heavy atom. The third-order valence-corrected chi connectivity index (χ3v) is 10.0. The summed E-state index contributed by atoms with van der Waals surface area (Å²) in [6, 6.07) is 28.6. The van der Waals surface area contributed by atoms with E-state index < -0.39 is 28.5 Å². The maximum atomic E-state index is 14.7. The van der Waals surface area contributed by atoms with Crippen LogP contribution in [-0.4, -0.2) is 50.4 Å².